The third-order valence-electron chi connectivity index (χ3n) is 3.58. The van der Waals surface area contributed by atoms with Crippen molar-refractivity contribution in [3.63, 3.8) is 0 Å². The minimum atomic E-state index is -0.345. The Balaban J connectivity index is 2.00. The van der Waals surface area contributed by atoms with Gasteiger partial charge in [0.1, 0.15) is 5.69 Å². The normalized spacial score (nSPS) is 14.5. The van der Waals surface area contributed by atoms with Crippen LogP contribution in [0.25, 0.3) is 0 Å². The van der Waals surface area contributed by atoms with Crippen LogP contribution in [0.15, 0.2) is 18.3 Å². The number of hydrogen-bond donors (Lipinski definition) is 1. The van der Waals surface area contributed by atoms with Gasteiger partial charge in [0, 0.05) is 51.6 Å². The van der Waals surface area contributed by atoms with Gasteiger partial charge in [-0.3, -0.25) is 19.4 Å². The molecule has 0 spiro atoms. The smallest absolute Gasteiger partial charge is 0.269 e. The van der Waals surface area contributed by atoms with E-state index in [1.165, 1.54) is 12.3 Å². The average molecular weight is 320 g/mol. The lowest BCUT2D eigenvalue weighted by atomic mass is 10.2. The molecule has 1 saturated heterocycles. The van der Waals surface area contributed by atoms with Crippen LogP contribution in [0, 0.1) is 0 Å². The van der Waals surface area contributed by atoms with Crippen LogP contribution in [-0.2, 0) is 9.53 Å². The first-order chi connectivity index (χ1) is 11.2. The minimum Gasteiger partial charge on any atom is -0.383 e. The summed E-state index contributed by atoms with van der Waals surface area (Å²) < 4.78 is 4.86. The molecule has 0 radical (unpaired) electrons. The fourth-order valence-corrected chi connectivity index (χ4v) is 2.26. The summed E-state index contributed by atoms with van der Waals surface area (Å²) in [6.07, 6.45) is 2.23. The van der Waals surface area contributed by atoms with Crippen molar-refractivity contribution in [1.82, 2.24) is 20.1 Å². The van der Waals surface area contributed by atoms with Crippen molar-refractivity contribution in [3.05, 3.63) is 29.6 Å². The number of nitrogens with one attached hydrogen (secondary N) is 1. The van der Waals surface area contributed by atoms with Crippen LogP contribution in [0.2, 0.25) is 0 Å². The number of rotatable bonds is 6. The van der Waals surface area contributed by atoms with Crippen LogP contribution in [-0.4, -0.2) is 79.4 Å². The van der Waals surface area contributed by atoms with Crippen LogP contribution in [0.3, 0.4) is 0 Å². The molecule has 124 valence electrons. The van der Waals surface area contributed by atoms with Gasteiger partial charge in [0.25, 0.3) is 11.8 Å². The maximum absolute atomic E-state index is 12.5. The Labute approximate surface area is 134 Å². The summed E-state index contributed by atoms with van der Waals surface area (Å²) in [6, 6.07) is 3.07. The third kappa shape index (κ3) is 4.49. The van der Waals surface area contributed by atoms with E-state index in [-0.39, 0.29) is 17.5 Å². The van der Waals surface area contributed by atoms with Gasteiger partial charge in [0.05, 0.1) is 6.61 Å². The van der Waals surface area contributed by atoms with Crippen LogP contribution >= 0.6 is 0 Å². The van der Waals surface area contributed by atoms with E-state index in [1.54, 1.807) is 23.0 Å². The maximum atomic E-state index is 12.5. The average Bonchev–Trinajstić information content (AvgIpc) is 2.61. The lowest BCUT2D eigenvalue weighted by Gasteiger charge is -2.32. The first-order valence-corrected chi connectivity index (χ1v) is 7.37. The molecule has 0 aliphatic carbocycles. The van der Waals surface area contributed by atoms with Crippen molar-refractivity contribution in [2.24, 2.45) is 0 Å². The predicted molar refractivity (Wildman–Crippen MR) is 82.0 cm³/mol. The topological polar surface area (TPSA) is 91.8 Å². The second-order valence-corrected chi connectivity index (χ2v) is 5.11. The Bertz CT molecular complexity index is 570. The molecule has 1 aromatic heterocycles. The molecule has 0 saturated carbocycles. The number of aromatic nitrogens is 1. The summed E-state index contributed by atoms with van der Waals surface area (Å²) in [6.45, 7) is 2.79. The Morgan fingerprint density at radius 3 is 2.74 bits per heavy atom. The first kappa shape index (κ1) is 16.9. The van der Waals surface area contributed by atoms with Crippen molar-refractivity contribution >= 4 is 18.2 Å². The largest absolute Gasteiger partial charge is 0.383 e. The number of hydrogen-bond acceptors (Lipinski definition) is 5. The molecular weight excluding hydrogens is 300 g/mol. The molecule has 0 aromatic carbocycles. The molecule has 1 aliphatic heterocycles. The van der Waals surface area contributed by atoms with Gasteiger partial charge in [-0.15, -0.1) is 0 Å². The highest BCUT2D eigenvalue weighted by atomic mass is 16.5. The van der Waals surface area contributed by atoms with Gasteiger partial charge in [0.15, 0.2) is 0 Å². The molecule has 3 amide bonds. The number of ether oxygens (including phenoxy) is 1. The van der Waals surface area contributed by atoms with Crippen LogP contribution in [0.4, 0.5) is 0 Å². The third-order valence-corrected chi connectivity index (χ3v) is 3.58. The highest BCUT2D eigenvalue weighted by Crippen LogP contribution is 2.09. The molecule has 23 heavy (non-hydrogen) atoms. The molecule has 1 N–H and O–H groups in total. The summed E-state index contributed by atoms with van der Waals surface area (Å²) in [5, 5.41) is 2.66. The van der Waals surface area contributed by atoms with Gasteiger partial charge < -0.3 is 19.9 Å². The van der Waals surface area contributed by atoms with E-state index >= 15 is 0 Å². The van der Waals surface area contributed by atoms with E-state index in [2.05, 4.69) is 10.3 Å². The van der Waals surface area contributed by atoms with Crippen LogP contribution < -0.4 is 5.32 Å². The van der Waals surface area contributed by atoms with E-state index in [0.29, 0.717) is 44.9 Å². The zero-order valence-corrected chi connectivity index (χ0v) is 13.0. The predicted octanol–water partition coefficient (Wildman–Crippen LogP) is -0.628. The monoisotopic (exact) mass is 320 g/mol. The van der Waals surface area contributed by atoms with Crippen molar-refractivity contribution in [2.75, 3.05) is 46.4 Å². The van der Waals surface area contributed by atoms with E-state index in [4.69, 9.17) is 4.74 Å². The van der Waals surface area contributed by atoms with Gasteiger partial charge in [-0.2, -0.15) is 0 Å². The van der Waals surface area contributed by atoms with E-state index < -0.39 is 0 Å². The summed E-state index contributed by atoms with van der Waals surface area (Å²) >= 11 is 0. The molecule has 0 atom stereocenters. The number of carbonyl (C=O) groups excluding carboxylic acids is 3. The molecular formula is C15H20N4O4. The first-order valence-electron chi connectivity index (χ1n) is 7.37. The van der Waals surface area contributed by atoms with E-state index in [0.717, 1.165) is 6.41 Å². The molecule has 8 heteroatoms. The van der Waals surface area contributed by atoms with Gasteiger partial charge in [0.2, 0.25) is 6.41 Å². The summed E-state index contributed by atoms with van der Waals surface area (Å²) in [7, 11) is 1.55. The van der Waals surface area contributed by atoms with E-state index in [9.17, 15) is 14.4 Å². The molecule has 2 rings (SSSR count). The number of methoxy groups -OCH3 is 1. The number of piperazine rings is 1. The minimum absolute atomic E-state index is 0.163. The van der Waals surface area contributed by atoms with Gasteiger partial charge in [-0.25, -0.2) is 0 Å². The highest BCUT2D eigenvalue weighted by Gasteiger charge is 2.22. The molecule has 0 unspecified atom stereocenters. The summed E-state index contributed by atoms with van der Waals surface area (Å²) in [5.74, 6) is -0.508. The summed E-state index contributed by atoms with van der Waals surface area (Å²) in [5.41, 5.74) is 0.606. The van der Waals surface area contributed by atoms with Crippen molar-refractivity contribution in [2.45, 2.75) is 0 Å². The molecule has 8 nitrogen and oxygen atoms in total. The highest BCUT2D eigenvalue weighted by molar-refractivity contribution is 5.98. The Morgan fingerprint density at radius 2 is 2.09 bits per heavy atom. The molecule has 1 aliphatic rings. The number of amides is 3. The zero-order chi connectivity index (χ0) is 16.7. The number of carbonyl (C=O) groups is 3. The second-order valence-electron chi connectivity index (χ2n) is 5.11. The van der Waals surface area contributed by atoms with Crippen LogP contribution in [0.5, 0.6) is 0 Å². The molecule has 1 aromatic rings. The Hall–Kier alpha value is -2.48. The number of pyridine rings is 1. The fourth-order valence-electron chi connectivity index (χ4n) is 2.26. The Morgan fingerprint density at radius 1 is 1.35 bits per heavy atom. The standard InChI is InChI=1S/C15H20N4O4/c1-23-9-4-17-14(21)13-10-12(2-3-16-13)15(22)19-7-5-18(11-20)6-8-19/h2-3,10-11H,4-9H2,1H3,(H,17,21). The van der Waals surface area contributed by atoms with Crippen LogP contribution in [0.1, 0.15) is 20.8 Å². The van der Waals surface area contributed by atoms with Gasteiger partial charge in [-0.1, -0.05) is 0 Å². The van der Waals surface area contributed by atoms with Crippen molar-refractivity contribution in [3.8, 4) is 0 Å². The maximum Gasteiger partial charge on any atom is 0.269 e. The Kier molecular flexibility index (Phi) is 6.04. The quantitative estimate of drug-likeness (QED) is 0.557. The molecule has 2 heterocycles. The second kappa shape index (κ2) is 8.23. The van der Waals surface area contributed by atoms with Crippen molar-refractivity contribution < 1.29 is 19.1 Å². The lowest BCUT2D eigenvalue weighted by molar-refractivity contribution is -0.119. The van der Waals surface area contributed by atoms with Gasteiger partial charge >= 0.3 is 0 Å². The van der Waals surface area contributed by atoms with Gasteiger partial charge in [-0.05, 0) is 12.1 Å². The molecule has 1 fully saturated rings. The number of nitrogens with zero attached hydrogens (tertiary/aromatic N) is 3. The zero-order valence-electron chi connectivity index (χ0n) is 13.0. The van der Waals surface area contributed by atoms with E-state index in [1.807, 2.05) is 0 Å². The summed E-state index contributed by atoms with van der Waals surface area (Å²) in [4.78, 5) is 42.4. The fraction of sp³-hybridized carbons (Fsp3) is 0.467. The van der Waals surface area contributed by atoms with Crippen molar-refractivity contribution in [1.29, 1.82) is 0 Å². The lowest BCUT2D eigenvalue weighted by Crippen LogP contribution is -2.48. The SMILES string of the molecule is COCCNC(=O)c1cc(C(=O)N2CCN(C=O)CC2)ccn1. The molecule has 0 bridgehead atoms.